The first kappa shape index (κ1) is 33.6. The predicted molar refractivity (Wildman–Crippen MR) is 178 cm³/mol. The van der Waals surface area contributed by atoms with Crippen molar-refractivity contribution in [2.24, 2.45) is 0 Å². The molecule has 0 fully saturated rings. The molecule has 0 radical (unpaired) electrons. The molecule has 2 amide bonds. The molecule has 0 aromatic heterocycles. The van der Waals surface area contributed by atoms with Gasteiger partial charge in [-0.1, -0.05) is 96.9 Å². The van der Waals surface area contributed by atoms with Gasteiger partial charge in [-0.3, -0.25) is 13.9 Å². The first-order valence-electron chi connectivity index (χ1n) is 14.7. The zero-order valence-electron chi connectivity index (χ0n) is 25.6. The van der Waals surface area contributed by atoms with Gasteiger partial charge in [0.05, 0.1) is 22.7 Å². The minimum absolute atomic E-state index is 0.0105. The minimum Gasteiger partial charge on any atom is -0.495 e. The molecular formula is C35H38ClN3O5S. The highest BCUT2D eigenvalue weighted by Gasteiger charge is 2.34. The topological polar surface area (TPSA) is 96.0 Å². The molecule has 0 aliphatic heterocycles. The van der Waals surface area contributed by atoms with Gasteiger partial charge in [0.2, 0.25) is 11.8 Å². The molecule has 4 rings (SSSR count). The van der Waals surface area contributed by atoms with Crippen LogP contribution in [0.5, 0.6) is 5.75 Å². The highest BCUT2D eigenvalue weighted by atomic mass is 35.5. The van der Waals surface area contributed by atoms with Crippen LogP contribution in [-0.4, -0.2) is 51.4 Å². The quantitative estimate of drug-likeness (QED) is 0.181. The second kappa shape index (κ2) is 15.6. The molecule has 4 aromatic carbocycles. The number of nitrogens with zero attached hydrogens (tertiary/aromatic N) is 2. The van der Waals surface area contributed by atoms with E-state index in [-0.39, 0.29) is 34.5 Å². The molecule has 8 nitrogen and oxygen atoms in total. The summed E-state index contributed by atoms with van der Waals surface area (Å²) in [7, 11) is -2.77. The number of hydrogen-bond acceptors (Lipinski definition) is 5. The van der Waals surface area contributed by atoms with E-state index >= 15 is 0 Å². The van der Waals surface area contributed by atoms with Crippen molar-refractivity contribution in [2.45, 2.75) is 44.2 Å². The van der Waals surface area contributed by atoms with Crippen LogP contribution in [0.4, 0.5) is 5.69 Å². The fraction of sp³-hybridized carbons (Fsp3) is 0.257. The molecule has 0 bridgehead atoms. The maximum absolute atomic E-state index is 14.5. The van der Waals surface area contributed by atoms with Crippen molar-refractivity contribution in [1.29, 1.82) is 0 Å². The van der Waals surface area contributed by atoms with Crippen molar-refractivity contribution in [2.75, 3.05) is 24.5 Å². The molecule has 1 atom stereocenters. The highest BCUT2D eigenvalue weighted by molar-refractivity contribution is 7.92. The molecule has 236 valence electrons. The maximum atomic E-state index is 14.5. The number of aryl methyl sites for hydroxylation is 1. The number of anilines is 1. The summed E-state index contributed by atoms with van der Waals surface area (Å²) < 4.78 is 34.5. The van der Waals surface area contributed by atoms with Crippen LogP contribution in [0.15, 0.2) is 108 Å². The lowest BCUT2D eigenvalue weighted by molar-refractivity contribution is -0.140. The third-order valence-corrected chi connectivity index (χ3v) is 9.41. The SMILES string of the molecule is CCCNC(=O)[C@H](Cc1ccccc1)N(Cc1ccc(C)cc1)C(=O)CN(c1ccc(OC)c(Cl)c1)S(=O)(=O)c1ccccc1. The van der Waals surface area contributed by atoms with E-state index in [0.29, 0.717) is 12.3 Å². The van der Waals surface area contributed by atoms with Crippen molar-refractivity contribution < 1.29 is 22.7 Å². The number of hydrogen-bond donors (Lipinski definition) is 1. The fourth-order valence-corrected chi connectivity index (χ4v) is 6.55. The number of halogens is 1. The van der Waals surface area contributed by atoms with Gasteiger partial charge in [-0.05, 0) is 54.8 Å². The van der Waals surface area contributed by atoms with Gasteiger partial charge in [0, 0.05) is 19.5 Å². The maximum Gasteiger partial charge on any atom is 0.264 e. The third-order valence-electron chi connectivity index (χ3n) is 7.33. The Morgan fingerprint density at radius 3 is 2.13 bits per heavy atom. The Morgan fingerprint density at radius 2 is 1.53 bits per heavy atom. The van der Waals surface area contributed by atoms with E-state index < -0.39 is 28.5 Å². The molecule has 0 saturated carbocycles. The number of benzene rings is 4. The van der Waals surface area contributed by atoms with Gasteiger partial charge in [-0.15, -0.1) is 0 Å². The van der Waals surface area contributed by atoms with Crippen molar-refractivity contribution in [3.63, 3.8) is 0 Å². The van der Waals surface area contributed by atoms with Gasteiger partial charge in [0.15, 0.2) is 0 Å². The number of nitrogens with one attached hydrogen (secondary N) is 1. The molecule has 0 unspecified atom stereocenters. The van der Waals surface area contributed by atoms with Gasteiger partial charge < -0.3 is 15.0 Å². The van der Waals surface area contributed by atoms with Gasteiger partial charge >= 0.3 is 0 Å². The predicted octanol–water partition coefficient (Wildman–Crippen LogP) is 6.02. The van der Waals surface area contributed by atoms with Gasteiger partial charge in [0.25, 0.3) is 10.0 Å². The molecule has 4 aromatic rings. The lowest BCUT2D eigenvalue weighted by Gasteiger charge is -2.34. The van der Waals surface area contributed by atoms with E-state index in [1.807, 2.05) is 68.4 Å². The Labute approximate surface area is 270 Å². The highest BCUT2D eigenvalue weighted by Crippen LogP contribution is 2.32. The average molecular weight is 648 g/mol. The second-order valence-corrected chi connectivity index (χ2v) is 12.9. The summed E-state index contributed by atoms with van der Waals surface area (Å²) in [4.78, 5) is 29.7. The molecule has 45 heavy (non-hydrogen) atoms. The second-order valence-electron chi connectivity index (χ2n) is 10.6. The van der Waals surface area contributed by atoms with Crippen molar-refractivity contribution >= 4 is 39.1 Å². The van der Waals surface area contributed by atoms with Gasteiger partial charge in [-0.25, -0.2) is 8.42 Å². The monoisotopic (exact) mass is 647 g/mol. The average Bonchev–Trinajstić information content (AvgIpc) is 3.05. The molecule has 1 N–H and O–H groups in total. The van der Waals surface area contributed by atoms with Crippen LogP contribution < -0.4 is 14.4 Å². The Hall–Kier alpha value is -4.34. The number of methoxy groups -OCH3 is 1. The summed E-state index contributed by atoms with van der Waals surface area (Å²) in [5.41, 5.74) is 2.91. The fourth-order valence-electron chi connectivity index (χ4n) is 4.87. The van der Waals surface area contributed by atoms with E-state index in [0.717, 1.165) is 27.4 Å². The summed E-state index contributed by atoms with van der Waals surface area (Å²) in [5, 5.41) is 3.14. The zero-order valence-corrected chi connectivity index (χ0v) is 27.2. The summed E-state index contributed by atoms with van der Waals surface area (Å²) >= 11 is 6.42. The molecular weight excluding hydrogens is 610 g/mol. The van der Waals surface area contributed by atoms with Crippen LogP contribution in [-0.2, 0) is 32.6 Å². The van der Waals surface area contributed by atoms with Gasteiger partial charge in [-0.2, -0.15) is 0 Å². The standard InChI is InChI=1S/C35H38ClN3O5S/c1-4-21-37-35(41)32(22-27-11-7-5-8-12-27)38(24-28-17-15-26(2)16-18-28)34(40)25-39(29-19-20-33(44-3)31(36)23-29)45(42,43)30-13-9-6-10-14-30/h5-20,23,32H,4,21-22,24-25H2,1-3H3,(H,37,41)/t32-/m0/s1. The van der Waals surface area contributed by atoms with Crippen molar-refractivity contribution in [3.8, 4) is 5.75 Å². The molecule has 0 saturated heterocycles. The lowest BCUT2D eigenvalue weighted by atomic mass is 10.0. The van der Waals surface area contributed by atoms with E-state index in [9.17, 15) is 18.0 Å². The Bertz CT molecular complexity index is 1680. The lowest BCUT2D eigenvalue weighted by Crippen LogP contribution is -2.53. The van der Waals surface area contributed by atoms with Crippen LogP contribution in [0.2, 0.25) is 5.02 Å². The molecule has 0 spiro atoms. The van der Waals surface area contributed by atoms with Crippen LogP contribution in [0.1, 0.15) is 30.0 Å². The normalized spacial score (nSPS) is 11.8. The summed E-state index contributed by atoms with van der Waals surface area (Å²) in [6.45, 7) is 3.88. The first-order chi connectivity index (χ1) is 21.6. The van der Waals surface area contributed by atoms with Crippen LogP contribution >= 0.6 is 11.6 Å². The molecule has 0 aliphatic carbocycles. The van der Waals surface area contributed by atoms with E-state index in [1.54, 1.807) is 24.3 Å². The summed E-state index contributed by atoms with van der Waals surface area (Å²) in [6.07, 6.45) is 0.963. The number of carbonyl (C=O) groups is 2. The van der Waals surface area contributed by atoms with Gasteiger partial charge in [0.1, 0.15) is 18.3 Å². The third kappa shape index (κ3) is 8.65. The number of rotatable bonds is 14. The van der Waals surface area contributed by atoms with E-state index in [2.05, 4.69) is 5.32 Å². The smallest absolute Gasteiger partial charge is 0.264 e. The largest absolute Gasteiger partial charge is 0.495 e. The van der Waals surface area contributed by atoms with Crippen molar-refractivity contribution in [1.82, 2.24) is 10.2 Å². The van der Waals surface area contributed by atoms with Crippen molar-refractivity contribution in [3.05, 3.63) is 125 Å². The van der Waals surface area contributed by atoms with E-state index in [1.165, 1.54) is 36.3 Å². The Balaban J connectivity index is 1.81. The first-order valence-corrected chi connectivity index (χ1v) is 16.5. The van der Waals surface area contributed by atoms with Crippen LogP contribution in [0.3, 0.4) is 0 Å². The Morgan fingerprint density at radius 1 is 0.889 bits per heavy atom. The zero-order chi connectivity index (χ0) is 32.4. The summed E-state index contributed by atoms with van der Waals surface area (Å²) in [6, 6.07) is 28.7. The number of sulfonamides is 1. The number of carbonyl (C=O) groups excluding carboxylic acids is 2. The molecule has 0 heterocycles. The number of amides is 2. The minimum atomic E-state index is -4.23. The van der Waals surface area contributed by atoms with Crippen LogP contribution in [0.25, 0.3) is 0 Å². The van der Waals surface area contributed by atoms with Crippen LogP contribution in [0, 0.1) is 6.92 Å². The Kier molecular flexibility index (Phi) is 11.6. The molecule has 10 heteroatoms. The number of ether oxygens (including phenoxy) is 1. The van der Waals surface area contributed by atoms with E-state index in [4.69, 9.17) is 16.3 Å². The molecule has 0 aliphatic rings. The summed E-state index contributed by atoms with van der Waals surface area (Å²) in [5.74, 6) is -0.499.